The second-order valence-corrected chi connectivity index (χ2v) is 5.53. The van der Waals surface area contributed by atoms with Crippen LogP contribution in [0.2, 0.25) is 0 Å². The molecular weight excluding hydrogens is 322 g/mol. The van der Waals surface area contributed by atoms with Crippen LogP contribution < -0.4 is 5.73 Å². The second kappa shape index (κ2) is 6.79. The van der Waals surface area contributed by atoms with Crippen molar-refractivity contribution < 1.29 is 55.1 Å². The summed E-state index contributed by atoms with van der Waals surface area (Å²) in [6, 6.07) is 0. The quantitative estimate of drug-likeness (QED) is 0.234. The van der Waals surface area contributed by atoms with E-state index in [4.69, 9.17) is 19.9 Å². The van der Waals surface area contributed by atoms with E-state index in [0.717, 1.165) is 0 Å². The minimum atomic E-state index is -2.17. The molecule has 0 spiro atoms. The molecule has 0 aromatic heterocycles. The van der Waals surface area contributed by atoms with Crippen molar-refractivity contribution in [3.63, 3.8) is 0 Å². The second-order valence-electron chi connectivity index (χ2n) is 5.53. The van der Waals surface area contributed by atoms with Crippen LogP contribution in [0, 0.1) is 0 Å². The average Bonchev–Trinajstić information content (AvgIpc) is 2.52. The molecule has 12 nitrogen and oxygen atoms in total. The Morgan fingerprint density at radius 3 is 1.96 bits per heavy atom. The summed E-state index contributed by atoms with van der Waals surface area (Å²) in [6.45, 7) is -0.949. The SMILES string of the molecule is N[C@]1(CO)O[C@@H](O)[C@H](O)[C@H](O)[C@@H]1O[C@@H]1O[C@H](O)[C@@H](O)[C@H](O)[C@H]1O. The first-order valence-electron chi connectivity index (χ1n) is 6.77. The van der Waals surface area contributed by atoms with Gasteiger partial charge < -0.3 is 55.1 Å². The molecule has 2 saturated heterocycles. The van der Waals surface area contributed by atoms with Crippen LogP contribution in [-0.4, -0.2) is 109 Å². The van der Waals surface area contributed by atoms with Gasteiger partial charge in [-0.25, -0.2) is 0 Å². The van der Waals surface area contributed by atoms with Crippen molar-refractivity contribution in [3.8, 4) is 0 Å². The number of ether oxygens (including phenoxy) is 3. The van der Waals surface area contributed by atoms with E-state index in [0.29, 0.717) is 0 Å². The summed E-state index contributed by atoms with van der Waals surface area (Å²) in [5.74, 6) is 0. The van der Waals surface area contributed by atoms with Crippen molar-refractivity contribution in [3.05, 3.63) is 0 Å². The molecule has 0 saturated carbocycles. The van der Waals surface area contributed by atoms with Crippen LogP contribution in [0.15, 0.2) is 0 Å². The Kier molecular flexibility index (Phi) is 5.57. The predicted octanol–water partition coefficient (Wildman–Crippen LogP) is -6.15. The molecule has 2 aliphatic rings. The van der Waals surface area contributed by atoms with E-state index in [1.807, 2.05) is 0 Å². The van der Waals surface area contributed by atoms with Crippen LogP contribution in [0.4, 0.5) is 0 Å². The first-order chi connectivity index (χ1) is 10.6. The number of hydrogen-bond acceptors (Lipinski definition) is 12. The highest BCUT2D eigenvalue weighted by Crippen LogP contribution is 2.31. The van der Waals surface area contributed by atoms with E-state index in [1.54, 1.807) is 0 Å². The Labute approximate surface area is 129 Å². The molecule has 12 heteroatoms. The molecule has 0 radical (unpaired) electrons. The molecule has 2 fully saturated rings. The fourth-order valence-corrected chi connectivity index (χ4v) is 2.41. The van der Waals surface area contributed by atoms with Gasteiger partial charge in [0.05, 0.1) is 6.61 Å². The van der Waals surface area contributed by atoms with Gasteiger partial charge in [-0.05, 0) is 0 Å². The average molecular weight is 343 g/mol. The highest BCUT2D eigenvalue weighted by molar-refractivity contribution is 4.98. The third-order valence-electron chi connectivity index (χ3n) is 3.85. The molecule has 0 amide bonds. The number of hydrogen-bond donors (Lipinski definition) is 9. The molecule has 2 heterocycles. The number of aliphatic hydroxyl groups excluding tert-OH is 8. The largest absolute Gasteiger partial charge is 0.392 e. The van der Waals surface area contributed by atoms with Gasteiger partial charge in [-0.1, -0.05) is 0 Å². The topological polar surface area (TPSA) is 216 Å². The van der Waals surface area contributed by atoms with Crippen molar-refractivity contribution in [1.82, 2.24) is 0 Å². The van der Waals surface area contributed by atoms with Crippen LogP contribution in [0.5, 0.6) is 0 Å². The summed E-state index contributed by atoms with van der Waals surface area (Å²) in [6.07, 6.45) is -16.5. The summed E-state index contributed by atoms with van der Waals surface area (Å²) in [4.78, 5) is 0. The van der Waals surface area contributed by atoms with Gasteiger partial charge in [0.1, 0.15) is 36.6 Å². The zero-order valence-corrected chi connectivity index (χ0v) is 11.8. The standard InChI is InChI=1S/C11H21NO11/c12-11(1-13)7(3(15)5(17)9(20)23-11)21-10-6(18)2(14)4(16)8(19)22-10/h2-10,13-20H,1,12H2/t2-,3-,4-,5+,6+,7-,8-,9+,10+,11+/m0/s1. The molecule has 10 atom stereocenters. The van der Waals surface area contributed by atoms with Gasteiger partial charge >= 0.3 is 0 Å². The number of rotatable bonds is 3. The van der Waals surface area contributed by atoms with Crippen molar-refractivity contribution in [1.29, 1.82) is 0 Å². The third kappa shape index (κ3) is 3.34. The molecule has 2 rings (SSSR count). The van der Waals surface area contributed by atoms with Gasteiger partial charge in [0.2, 0.25) is 0 Å². The summed E-state index contributed by atoms with van der Waals surface area (Å²) in [7, 11) is 0. The van der Waals surface area contributed by atoms with Gasteiger partial charge in [0.25, 0.3) is 0 Å². The molecule has 0 bridgehead atoms. The van der Waals surface area contributed by atoms with Gasteiger partial charge in [0, 0.05) is 0 Å². The maximum atomic E-state index is 9.96. The monoisotopic (exact) mass is 343 g/mol. The zero-order chi connectivity index (χ0) is 17.5. The van der Waals surface area contributed by atoms with Gasteiger partial charge in [-0.3, -0.25) is 5.73 Å². The van der Waals surface area contributed by atoms with E-state index in [2.05, 4.69) is 0 Å². The van der Waals surface area contributed by atoms with Gasteiger partial charge in [0.15, 0.2) is 24.6 Å². The lowest BCUT2D eigenvalue weighted by Crippen LogP contribution is -2.72. The molecule has 2 aliphatic heterocycles. The first-order valence-corrected chi connectivity index (χ1v) is 6.77. The lowest BCUT2D eigenvalue weighted by atomic mass is 9.94. The van der Waals surface area contributed by atoms with Gasteiger partial charge in [-0.2, -0.15) is 0 Å². The summed E-state index contributed by atoms with van der Waals surface area (Å²) in [5.41, 5.74) is 3.49. The Bertz CT molecular complexity index is 413. The minimum absolute atomic E-state index is 0.949. The lowest BCUT2D eigenvalue weighted by Gasteiger charge is -2.48. The van der Waals surface area contributed by atoms with E-state index in [9.17, 15) is 40.9 Å². The molecule has 0 aromatic carbocycles. The Morgan fingerprint density at radius 1 is 0.826 bits per heavy atom. The molecule has 0 aliphatic carbocycles. The van der Waals surface area contributed by atoms with Crippen molar-refractivity contribution >= 4 is 0 Å². The molecule has 0 aromatic rings. The Hall–Kier alpha value is -0.480. The molecule has 23 heavy (non-hydrogen) atoms. The van der Waals surface area contributed by atoms with Crippen LogP contribution >= 0.6 is 0 Å². The summed E-state index contributed by atoms with van der Waals surface area (Å²) in [5, 5.41) is 76.5. The molecule has 10 N–H and O–H groups in total. The Morgan fingerprint density at radius 2 is 1.39 bits per heavy atom. The zero-order valence-electron chi connectivity index (χ0n) is 11.8. The van der Waals surface area contributed by atoms with E-state index in [1.165, 1.54) is 0 Å². The van der Waals surface area contributed by atoms with Crippen LogP contribution in [0.3, 0.4) is 0 Å². The smallest absolute Gasteiger partial charge is 0.189 e. The fraction of sp³-hybridized carbons (Fsp3) is 1.00. The molecular formula is C11H21NO11. The normalized spacial score (nSPS) is 54.9. The Balaban J connectivity index is 2.18. The minimum Gasteiger partial charge on any atom is -0.392 e. The van der Waals surface area contributed by atoms with Crippen LogP contribution in [0.1, 0.15) is 0 Å². The van der Waals surface area contributed by atoms with Crippen molar-refractivity contribution in [2.24, 2.45) is 5.73 Å². The summed E-state index contributed by atoms with van der Waals surface area (Å²) >= 11 is 0. The lowest BCUT2D eigenvalue weighted by molar-refractivity contribution is -0.391. The number of nitrogens with two attached hydrogens (primary N) is 1. The maximum absolute atomic E-state index is 9.96. The molecule has 136 valence electrons. The number of aliphatic hydroxyl groups is 8. The summed E-state index contributed by atoms with van der Waals surface area (Å²) < 4.78 is 14.7. The van der Waals surface area contributed by atoms with Crippen molar-refractivity contribution in [2.75, 3.05) is 6.61 Å². The van der Waals surface area contributed by atoms with Crippen LogP contribution in [-0.2, 0) is 14.2 Å². The van der Waals surface area contributed by atoms with Gasteiger partial charge in [-0.15, -0.1) is 0 Å². The maximum Gasteiger partial charge on any atom is 0.189 e. The van der Waals surface area contributed by atoms with E-state index in [-0.39, 0.29) is 0 Å². The van der Waals surface area contributed by atoms with Crippen molar-refractivity contribution in [2.45, 2.75) is 61.2 Å². The highest BCUT2D eigenvalue weighted by atomic mass is 16.8. The van der Waals surface area contributed by atoms with E-state index >= 15 is 0 Å². The van der Waals surface area contributed by atoms with E-state index < -0.39 is 67.8 Å². The predicted molar refractivity (Wildman–Crippen MR) is 66.9 cm³/mol. The van der Waals surface area contributed by atoms with Crippen LogP contribution in [0.25, 0.3) is 0 Å². The molecule has 0 unspecified atom stereocenters. The highest BCUT2D eigenvalue weighted by Gasteiger charge is 2.55. The third-order valence-corrected chi connectivity index (χ3v) is 3.85. The first kappa shape index (κ1) is 18.9. The fourth-order valence-electron chi connectivity index (χ4n) is 2.41.